The Kier molecular flexibility index (Phi) is 6.53. The average molecular weight is 570 g/mol. The van der Waals surface area contributed by atoms with Gasteiger partial charge in [-0.3, -0.25) is 14.4 Å². The van der Waals surface area contributed by atoms with E-state index in [2.05, 4.69) is 21.9 Å². The highest BCUT2D eigenvalue weighted by molar-refractivity contribution is 7.21. The molecule has 0 saturated carbocycles. The van der Waals surface area contributed by atoms with Gasteiger partial charge in [-0.15, -0.1) is 11.3 Å². The number of para-hydroxylation sites is 1. The Morgan fingerprint density at radius 3 is 2.59 bits per heavy atom. The Hall–Kier alpha value is -4.65. The molecular formula is C29H27N7O4S. The number of anilines is 1. The molecule has 7 N–H and O–H groups in total. The van der Waals surface area contributed by atoms with Crippen LogP contribution in [0.1, 0.15) is 39.1 Å². The molecule has 3 heterocycles. The van der Waals surface area contributed by atoms with Crippen LogP contribution >= 0.6 is 11.3 Å². The summed E-state index contributed by atoms with van der Waals surface area (Å²) in [5.41, 5.74) is 19.1. The number of rotatable bonds is 6. The van der Waals surface area contributed by atoms with Gasteiger partial charge in [0.05, 0.1) is 28.0 Å². The molecule has 2 aliphatic rings. The number of Topliss-reactive ketones (excluding diaryl/α,β-unsaturated/α-hetero) is 1. The van der Waals surface area contributed by atoms with Gasteiger partial charge in [-0.05, 0) is 36.3 Å². The molecule has 2 aromatic carbocycles. The minimum Gasteiger partial charge on any atom is -0.454 e. The van der Waals surface area contributed by atoms with Crippen molar-refractivity contribution in [1.29, 1.82) is 0 Å². The number of benzene rings is 2. The molecule has 1 aliphatic carbocycles. The van der Waals surface area contributed by atoms with Crippen LogP contribution in [0.5, 0.6) is 11.5 Å². The van der Waals surface area contributed by atoms with Gasteiger partial charge >= 0.3 is 0 Å². The lowest BCUT2D eigenvalue weighted by Crippen LogP contribution is -2.53. The molecule has 1 aliphatic heterocycles. The van der Waals surface area contributed by atoms with E-state index in [4.69, 9.17) is 21.9 Å². The monoisotopic (exact) mass is 569 g/mol. The van der Waals surface area contributed by atoms with Crippen LogP contribution in [0.25, 0.3) is 10.1 Å². The van der Waals surface area contributed by atoms with Gasteiger partial charge in [0.15, 0.2) is 22.9 Å². The summed E-state index contributed by atoms with van der Waals surface area (Å²) < 4.78 is 6.38. The maximum absolute atomic E-state index is 13.9. The second-order valence-electron chi connectivity index (χ2n) is 10.0. The third-order valence-corrected chi connectivity index (χ3v) is 8.74. The quantitative estimate of drug-likeness (QED) is 0.200. The summed E-state index contributed by atoms with van der Waals surface area (Å²) in [7, 11) is 0. The number of nitrogens with two attached hydrogens (primary N) is 3. The normalized spacial score (nSPS) is 21.6. The lowest BCUT2D eigenvalue weighted by atomic mass is 9.73. The topological polar surface area (TPSA) is 180 Å². The van der Waals surface area contributed by atoms with Crippen LogP contribution in [0, 0.1) is 0 Å². The van der Waals surface area contributed by atoms with Crippen LogP contribution in [-0.2, 0) is 15.1 Å². The summed E-state index contributed by atoms with van der Waals surface area (Å²) in [6.07, 6.45) is 4.74. The zero-order chi connectivity index (χ0) is 28.9. The van der Waals surface area contributed by atoms with Gasteiger partial charge in [-0.1, -0.05) is 30.8 Å². The number of ketones is 1. The molecule has 41 heavy (non-hydrogen) atoms. The number of nitrogens with zero attached hydrogens (tertiary/aromatic N) is 3. The summed E-state index contributed by atoms with van der Waals surface area (Å²) in [6.45, 7) is 4.39. The molecular weight excluding hydrogens is 542 g/mol. The summed E-state index contributed by atoms with van der Waals surface area (Å²) in [5, 5.41) is 3.54. The van der Waals surface area contributed by atoms with Gasteiger partial charge in [0.2, 0.25) is 5.91 Å². The van der Waals surface area contributed by atoms with Crippen molar-refractivity contribution in [1.82, 2.24) is 20.2 Å². The first kappa shape index (κ1) is 26.6. The maximum atomic E-state index is 13.9. The Bertz CT molecular complexity index is 1710. The van der Waals surface area contributed by atoms with Gasteiger partial charge in [0.1, 0.15) is 5.75 Å². The van der Waals surface area contributed by atoms with Crippen molar-refractivity contribution in [3.8, 4) is 11.5 Å². The molecule has 2 aromatic heterocycles. The van der Waals surface area contributed by atoms with E-state index in [0.717, 1.165) is 11.3 Å². The number of hydrogen-bond acceptors (Lipinski definition) is 10. The first-order chi connectivity index (χ1) is 19.7. The molecule has 0 spiro atoms. The van der Waals surface area contributed by atoms with Crippen LogP contribution in [0.15, 0.2) is 67.5 Å². The maximum Gasteiger partial charge on any atom is 0.262 e. The van der Waals surface area contributed by atoms with Gasteiger partial charge in [-0.2, -0.15) is 0 Å². The van der Waals surface area contributed by atoms with Crippen molar-refractivity contribution in [3.63, 3.8) is 0 Å². The highest BCUT2D eigenvalue weighted by atomic mass is 32.1. The van der Waals surface area contributed by atoms with Crippen molar-refractivity contribution in [2.24, 2.45) is 11.5 Å². The van der Waals surface area contributed by atoms with Crippen LogP contribution < -0.4 is 27.3 Å². The fraction of sp³-hybridized carbons (Fsp3) is 0.207. The summed E-state index contributed by atoms with van der Waals surface area (Å²) in [6, 6.07) is 11.0. The number of carbonyl (C=O) groups is 3. The van der Waals surface area contributed by atoms with E-state index in [1.807, 2.05) is 18.2 Å². The molecule has 6 rings (SSSR count). The van der Waals surface area contributed by atoms with E-state index < -0.39 is 23.3 Å². The Morgan fingerprint density at radius 1 is 1.15 bits per heavy atom. The number of ether oxygens (including phenoxy) is 1. The zero-order valence-electron chi connectivity index (χ0n) is 21.9. The predicted molar refractivity (Wildman–Crippen MR) is 154 cm³/mol. The SMILES string of the molecule is C=CC(=O)N1CCC(NC(=O)c2sc3c(N)ccc4c3c2C(N)C(=O)C4(N)c2ncc(Oc3ccccc3)cn2)C1. The second kappa shape index (κ2) is 10.1. The molecule has 3 unspecified atom stereocenters. The lowest BCUT2D eigenvalue weighted by Gasteiger charge is -2.34. The van der Waals surface area contributed by atoms with Crippen LogP contribution in [0.2, 0.25) is 0 Å². The summed E-state index contributed by atoms with van der Waals surface area (Å²) >= 11 is 1.16. The molecule has 1 saturated heterocycles. The number of thiophene rings is 1. The molecule has 12 heteroatoms. The van der Waals surface area contributed by atoms with Crippen LogP contribution in [0.3, 0.4) is 0 Å². The van der Waals surface area contributed by atoms with Gasteiger partial charge in [-0.25, -0.2) is 9.97 Å². The Balaban J connectivity index is 1.37. The van der Waals surface area contributed by atoms with Crippen molar-refractivity contribution in [2.75, 3.05) is 18.8 Å². The van der Waals surface area contributed by atoms with Crippen LogP contribution in [0.4, 0.5) is 5.69 Å². The predicted octanol–water partition coefficient (Wildman–Crippen LogP) is 2.37. The van der Waals surface area contributed by atoms with E-state index in [1.54, 1.807) is 29.2 Å². The molecule has 4 aromatic rings. The van der Waals surface area contributed by atoms with Gasteiger partial charge in [0.25, 0.3) is 5.91 Å². The second-order valence-corrected chi connectivity index (χ2v) is 11.0. The number of carbonyl (C=O) groups excluding carboxylic acids is 3. The number of hydrogen-bond donors (Lipinski definition) is 4. The molecule has 2 amide bonds. The molecule has 3 atom stereocenters. The van der Waals surface area contributed by atoms with Crippen molar-refractivity contribution in [2.45, 2.75) is 24.0 Å². The number of nitrogen functional groups attached to an aromatic ring is 1. The zero-order valence-corrected chi connectivity index (χ0v) is 22.7. The minimum atomic E-state index is -1.78. The van der Waals surface area contributed by atoms with E-state index >= 15 is 0 Å². The highest BCUT2D eigenvalue weighted by Gasteiger charge is 2.50. The fourth-order valence-electron chi connectivity index (χ4n) is 5.44. The molecule has 208 valence electrons. The highest BCUT2D eigenvalue weighted by Crippen LogP contribution is 2.49. The smallest absolute Gasteiger partial charge is 0.262 e. The number of aromatic nitrogens is 2. The molecule has 0 radical (unpaired) electrons. The van der Waals surface area contributed by atoms with Crippen molar-refractivity contribution >= 4 is 44.7 Å². The number of likely N-dealkylation sites (tertiary alicyclic amines) is 1. The molecule has 0 bridgehead atoms. The van der Waals surface area contributed by atoms with Crippen molar-refractivity contribution < 1.29 is 19.1 Å². The Morgan fingerprint density at radius 2 is 1.88 bits per heavy atom. The average Bonchev–Trinajstić information content (AvgIpc) is 3.62. The largest absolute Gasteiger partial charge is 0.454 e. The molecule has 11 nitrogen and oxygen atoms in total. The third kappa shape index (κ3) is 4.32. The fourth-order valence-corrected chi connectivity index (χ4v) is 6.64. The first-order valence-corrected chi connectivity index (χ1v) is 13.8. The van der Waals surface area contributed by atoms with Gasteiger partial charge in [0, 0.05) is 35.8 Å². The summed E-state index contributed by atoms with van der Waals surface area (Å²) in [4.78, 5) is 50.1. The minimum absolute atomic E-state index is 0.0465. The van der Waals surface area contributed by atoms with E-state index in [9.17, 15) is 14.4 Å². The standard InChI is InChI=1S/C29H27N7O4S/c1-2-20(37)36-11-10-15(14-36)35-27(39)25-22-21-18(8-9-19(30)24(21)41-25)29(32,26(38)23(22)31)28-33-12-17(13-34-28)40-16-6-4-3-5-7-16/h2-9,12-13,15,23H,1,10-11,14,30-32H2,(H,35,39). The number of nitrogens with one attached hydrogen (secondary N) is 1. The van der Waals surface area contributed by atoms with Crippen LogP contribution in [-0.4, -0.2) is 51.6 Å². The van der Waals surface area contributed by atoms with E-state index in [1.165, 1.54) is 18.5 Å². The van der Waals surface area contributed by atoms with Crippen molar-refractivity contribution in [3.05, 3.63) is 89.3 Å². The van der Waals surface area contributed by atoms with Gasteiger partial charge < -0.3 is 32.2 Å². The Labute approximate surface area is 239 Å². The number of amides is 2. The first-order valence-electron chi connectivity index (χ1n) is 12.9. The van der Waals surface area contributed by atoms with E-state index in [0.29, 0.717) is 57.9 Å². The third-order valence-electron chi connectivity index (χ3n) is 7.49. The lowest BCUT2D eigenvalue weighted by molar-refractivity contribution is -0.125. The van der Waals surface area contributed by atoms with E-state index in [-0.39, 0.29) is 22.7 Å². The molecule has 1 fully saturated rings. The summed E-state index contributed by atoms with van der Waals surface area (Å²) in [5.74, 6) is -0.113.